The molecule has 0 N–H and O–H groups in total. The van der Waals surface area contributed by atoms with Crippen molar-refractivity contribution in [3.05, 3.63) is 34.9 Å². The van der Waals surface area contributed by atoms with E-state index in [-0.39, 0.29) is 5.97 Å². The number of hydrogen-bond acceptors (Lipinski definition) is 2. The Bertz CT molecular complexity index is 382. The molecule has 1 aromatic rings. The molecular formula is C13H16O2. The Morgan fingerprint density at radius 3 is 3.00 bits per heavy atom. The normalized spacial score (nSPS) is 16.8. The predicted molar refractivity (Wildman–Crippen MR) is 59.1 cm³/mol. The topological polar surface area (TPSA) is 26.3 Å². The first-order chi connectivity index (χ1) is 7.22. The molecule has 0 amide bonds. The van der Waals surface area contributed by atoms with Gasteiger partial charge in [0.2, 0.25) is 0 Å². The molecule has 0 fully saturated rings. The van der Waals surface area contributed by atoms with Gasteiger partial charge in [0.15, 0.2) is 0 Å². The zero-order valence-corrected chi connectivity index (χ0v) is 9.25. The van der Waals surface area contributed by atoms with Crippen molar-refractivity contribution in [3.63, 3.8) is 0 Å². The van der Waals surface area contributed by atoms with Crippen molar-refractivity contribution >= 4 is 5.97 Å². The van der Waals surface area contributed by atoms with E-state index < -0.39 is 0 Å². The number of cyclic esters (lactones) is 1. The van der Waals surface area contributed by atoms with E-state index in [1.807, 2.05) is 12.1 Å². The van der Waals surface area contributed by atoms with Gasteiger partial charge < -0.3 is 4.74 Å². The first-order valence-corrected chi connectivity index (χ1v) is 5.52. The van der Waals surface area contributed by atoms with Crippen molar-refractivity contribution in [2.75, 3.05) is 6.61 Å². The highest BCUT2D eigenvalue weighted by molar-refractivity contribution is 5.92. The van der Waals surface area contributed by atoms with Gasteiger partial charge in [0.25, 0.3) is 0 Å². The van der Waals surface area contributed by atoms with Crippen molar-refractivity contribution < 1.29 is 9.53 Å². The van der Waals surface area contributed by atoms with Crippen molar-refractivity contribution in [3.8, 4) is 0 Å². The lowest BCUT2D eigenvalue weighted by atomic mass is 9.93. The molecule has 2 rings (SSSR count). The molecule has 15 heavy (non-hydrogen) atoms. The van der Waals surface area contributed by atoms with Gasteiger partial charge in [-0.25, -0.2) is 4.79 Å². The maximum atomic E-state index is 11.4. The van der Waals surface area contributed by atoms with Crippen molar-refractivity contribution in [1.29, 1.82) is 0 Å². The molecule has 0 saturated carbocycles. The Morgan fingerprint density at radius 1 is 1.47 bits per heavy atom. The van der Waals surface area contributed by atoms with Gasteiger partial charge in [-0.3, -0.25) is 0 Å². The number of hydrogen-bond donors (Lipinski definition) is 0. The van der Waals surface area contributed by atoms with Crippen LogP contribution in [0, 0.1) is 0 Å². The molecule has 1 atom stereocenters. The summed E-state index contributed by atoms with van der Waals surface area (Å²) < 4.78 is 4.99. The summed E-state index contributed by atoms with van der Waals surface area (Å²) >= 11 is 0. The van der Waals surface area contributed by atoms with Crippen LogP contribution in [0.3, 0.4) is 0 Å². The SMILES string of the molecule is CCC(C)c1ccc2c(c1)CCOC2=O. The van der Waals surface area contributed by atoms with Gasteiger partial charge in [-0.05, 0) is 29.5 Å². The highest BCUT2D eigenvalue weighted by atomic mass is 16.5. The molecule has 1 aromatic carbocycles. The van der Waals surface area contributed by atoms with Gasteiger partial charge in [-0.1, -0.05) is 26.0 Å². The first kappa shape index (κ1) is 10.2. The number of rotatable bonds is 2. The van der Waals surface area contributed by atoms with Gasteiger partial charge >= 0.3 is 5.97 Å². The molecule has 80 valence electrons. The third-order valence-corrected chi connectivity index (χ3v) is 3.14. The quantitative estimate of drug-likeness (QED) is 0.692. The lowest BCUT2D eigenvalue weighted by molar-refractivity contribution is 0.0480. The van der Waals surface area contributed by atoms with Gasteiger partial charge in [-0.15, -0.1) is 0 Å². The molecule has 0 aromatic heterocycles. The smallest absolute Gasteiger partial charge is 0.338 e. The molecule has 0 saturated heterocycles. The van der Waals surface area contributed by atoms with Crippen LogP contribution in [0.4, 0.5) is 0 Å². The second-order valence-electron chi connectivity index (χ2n) is 4.11. The summed E-state index contributed by atoms with van der Waals surface area (Å²) in [5.74, 6) is 0.389. The summed E-state index contributed by atoms with van der Waals surface area (Å²) in [4.78, 5) is 11.4. The maximum absolute atomic E-state index is 11.4. The van der Waals surface area contributed by atoms with Crippen LogP contribution in [0.2, 0.25) is 0 Å². The number of benzene rings is 1. The molecule has 0 radical (unpaired) electrons. The van der Waals surface area contributed by atoms with Gasteiger partial charge in [0.1, 0.15) is 0 Å². The molecule has 1 aliphatic heterocycles. The minimum absolute atomic E-state index is 0.174. The summed E-state index contributed by atoms with van der Waals surface area (Å²) in [6.45, 7) is 4.91. The van der Waals surface area contributed by atoms with Gasteiger partial charge in [0.05, 0.1) is 12.2 Å². The van der Waals surface area contributed by atoms with E-state index in [9.17, 15) is 4.79 Å². The van der Waals surface area contributed by atoms with Crippen molar-refractivity contribution in [1.82, 2.24) is 0 Å². The molecule has 1 aliphatic rings. The van der Waals surface area contributed by atoms with Crippen LogP contribution in [-0.4, -0.2) is 12.6 Å². The van der Waals surface area contributed by atoms with Crippen molar-refractivity contribution in [2.24, 2.45) is 0 Å². The second kappa shape index (κ2) is 4.05. The minimum atomic E-state index is -0.174. The average Bonchev–Trinajstić information content (AvgIpc) is 2.28. The Morgan fingerprint density at radius 2 is 2.27 bits per heavy atom. The highest BCUT2D eigenvalue weighted by Gasteiger charge is 2.19. The molecule has 0 bridgehead atoms. The molecule has 2 heteroatoms. The fraction of sp³-hybridized carbons (Fsp3) is 0.462. The molecule has 2 nitrogen and oxygen atoms in total. The highest BCUT2D eigenvalue weighted by Crippen LogP contribution is 2.24. The Labute approximate surface area is 90.3 Å². The summed E-state index contributed by atoms with van der Waals surface area (Å²) in [5.41, 5.74) is 3.21. The monoisotopic (exact) mass is 204 g/mol. The molecular weight excluding hydrogens is 188 g/mol. The summed E-state index contributed by atoms with van der Waals surface area (Å²) in [7, 11) is 0. The second-order valence-corrected chi connectivity index (χ2v) is 4.11. The zero-order valence-electron chi connectivity index (χ0n) is 9.25. The van der Waals surface area contributed by atoms with Crippen LogP contribution in [0.25, 0.3) is 0 Å². The van der Waals surface area contributed by atoms with E-state index in [0.717, 1.165) is 24.0 Å². The number of carbonyl (C=O) groups excluding carboxylic acids is 1. The predicted octanol–water partition coefficient (Wildman–Crippen LogP) is 2.91. The zero-order chi connectivity index (χ0) is 10.8. The third kappa shape index (κ3) is 1.89. The Balaban J connectivity index is 2.37. The number of carbonyl (C=O) groups is 1. The van der Waals surface area contributed by atoms with E-state index in [0.29, 0.717) is 12.5 Å². The van der Waals surface area contributed by atoms with E-state index in [4.69, 9.17) is 4.74 Å². The Hall–Kier alpha value is -1.31. The summed E-state index contributed by atoms with van der Waals surface area (Å²) in [6.07, 6.45) is 1.98. The number of ether oxygens (including phenoxy) is 1. The van der Waals surface area contributed by atoms with Crippen LogP contribution in [0.1, 0.15) is 47.7 Å². The third-order valence-electron chi connectivity index (χ3n) is 3.14. The number of fused-ring (bicyclic) bond motifs is 1. The molecule has 0 spiro atoms. The van der Waals surface area contributed by atoms with E-state index >= 15 is 0 Å². The van der Waals surface area contributed by atoms with E-state index in [1.165, 1.54) is 5.56 Å². The van der Waals surface area contributed by atoms with Crippen LogP contribution < -0.4 is 0 Å². The summed E-state index contributed by atoms with van der Waals surface area (Å²) in [5, 5.41) is 0. The van der Waals surface area contributed by atoms with Crippen LogP contribution in [-0.2, 0) is 11.2 Å². The minimum Gasteiger partial charge on any atom is -0.462 e. The number of esters is 1. The van der Waals surface area contributed by atoms with Crippen LogP contribution in [0.5, 0.6) is 0 Å². The first-order valence-electron chi connectivity index (χ1n) is 5.52. The van der Waals surface area contributed by atoms with Gasteiger partial charge in [-0.2, -0.15) is 0 Å². The molecule has 1 unspecified atom stereocenters. The van der Waals surface area contributed by atoms with Crippen molar-refractivity contribution in [2.45, 2.75) is 32.6 Å². The molecule has 0 aliphatic carbocycles. The average molecular weight is 204 g/mol. The fourth-order valence-corrected chi connectivity index (χ4v) is 1.89. The standard InChI is InChI=1S/C13H16O2/c1-3-9(2)10-4-5-12-11(8-10)6-7-15-13(12)14/h4-5,8-9H,3,6-7H2,1-2H3. The fourth-order valence-electron chi connectivity index (χ4n) is 1.89. The lowest BCUT2D eigenvalue weighted by Crippen LogP contribution is -2.17. The lowest BCUT2D eigenvalue weighted by Gasteiger charge is -2.18. The Kier molecular flexibility index (Phi) is 2.76. The van der Waals surface area contributed by atoms with Crippen LogP contribution >= 0.6 is 0 Å². The maximum Gasteiger partial charge on any atom is 0.338 e. The molecule has 1 heterocycles. The van der Waals surface area contributed by atoms with E-state index in [2.05, 4.69) is 19.9 Å². The van der Waals surface area contributed by atoms with Gasteiger partial charge in [0, 0.05) is 6.42 Å². The largest absolute Gasteiger partial charge is 0.462 e. The summed E-state index contributed by atoms with van der Waals surface area (Å²) in [6, 6.07) is 6.10. The van der Waals surface area contributed by atoms with E-state index in [1.54, 1.807) is 0 Å². The van der Waals surface area contributed by atoms with Crippen LogP contribution in [0.15, 0.2) is 18.2 Å².